The van der Waals surface area contributed by atoms with E-state index in [2.05, 4.69) is 5.32 Å². The molecule has 0 aliphatic rings. The first-order valence-corrected chi connectivity index (χ1v) is 14.9. The molecule has 0 fully saturated rings. The molecule has 45 heavy (non-hydrogen) atoms. The van der Waals surface area contributed by atoms with Crippen LogP contribution in [0.3, 0.4) is 0 Å². The summed E-state index contributed by atoms with van der Waals surface area (Å²) < 4.78 is 27.3. The number of likely N-dealkylation sites (N-methyl/N-ethyl adjacent to an activating group) is 2. The fourth-order valence-corrected chi connectivity index (χ4v) is 4.86. The van der Waals surface area contributed by atoms with Crippen LogP contribution in [0.25, 0.3) is 0 Å². The third-order valence-corrected chi connectivity index (χ3v) is 7.04. The van der Waals surface area contributed by atoms with Crippen molar-refractivity contribution in [3.05, 3.63) is 101 Å². The molecule has 3 aromatic rings. The fourth-order valence-electron chi connectivity index (χ4n) is 4.86. The Balaban J connectivity index is 0.000000537. The van der Waals surface area contributed by atoms with Gasteiger partial charge in [-0.15, -0.1) is 0 Å². The standard InChI is InChI=1S/C26H36F2N4O2.C9H11NO/c1-19(15-31(6)16-21-9-10-22(27)14-25(21)28)32(26(34)17-29(2)3)24(18-33)13-20-7-11-23(12-8-20)30(4)5;1-8(11)10-7-9-5-3-2-4-6-9/h7-12,14,18-19,24H,13,15-17H2,1-6H3;2-6H,7H2,1H3,(H,10,11)/t19?,24-;/m0./s1. The summed E-state index contributed by atoms with van der Waals surface area (Å²) >= 11 is 0. The molecular weight excluding hydrogens is 576 g/mol. The van der Waals surface area contributed by atoms with Gasteiger partial charge in [0.2, 0.25) is 11.8 Å². The van der Waals surface area contributed by atoms with Crippen LogP contribution in [0, 0.1) is 11.6 Å². The molecule has 2 amide bonds. The molecule has 1 unspecified atom stereocenters. The molecule has 1 N–H and O–H groups in total. The second-order valence-corrected chi connectivity index (χ2v) is 11.7. The first-order valence-electron chi connectivity index (χ1n) is 14.9. The summed E-state index contributed by atoms with van der Waals surface area (Å²) in [5.74, 6) is -1.37. The minimum absolute atomic E-state index is 0.00820. The lowest BCUT2D eigenvalue weighted by Gasteiger charge is -2.37. The maximum atomic E-state index is 14.1. The van der Waals surface area contributed by atoms with Gasteiger partial charge in [-0.1, -0.05) is 48.5 Å². The molecule has 3 aromatic carbocycles. The molecule has 244 valence electrons. The first-order chi connectivity index (χ1) is 21.3. The zero-order chi connectivity index (χ0) is 33.5. The zero-order valence-corrected chi connectivity index (χ0v) is 27.5. The van der Waals surface area contributed by atoms with Crippen LogP contribution >= 0.6 is 0 Å². The zero-order valence-electron chi connectivity index (χ0n) is 27.5. The van der Waals surface area contributed by atoms with Gasteiger partial charge in [0.25, 0.3) is 0 Å². The van der Waals surface area contributed by atoms with E-state index in [9.17, 15) is 23.2 Å². The van der Waals surface area contributed by atoms with Crippen molar-refractivity contribution in [1.82, 2.24) is 20.0 Å². The van der Waals surface area contributed by atoms with Gasteiger partial charge in [-0.05, 0) is 63.8 Å². The lowest BCUT2D eigenvalue weighted by molar-refractivity contribution is -0.139. The van der Waals surface area contributed by atoms with Gasteiger partial charge in [0, 0.05) is 64.0 Å². The van der Waals surface area contributed by atoms with Crippen LogP contribution in [-0.2, 0) is 33.9 Å². The predicted molar refractivity (Wildman–Crippen MR) is 176 cm³/mol. The van der Waals surface area contributed by atoms with E-state index in [0.717, 1.165) is 29.2 Å². The van der Waals surface area contributed by atoms with Crippen LogP contribution in [0.4, 0.5) is 14.5 Å². The summed E-state index contributed by atoms with van der Waals surface area (Å²) in [5.41, 5.74) is 3.51. The molecule has 0 aromatic heterocycles. The second-order valence-electron chi connectivity index (χ2n) is 11.7. The van der Waals surface area contributed by atoms with Crippen molar-refractivity contribution in [2.24, 2.45) is 0 Å². The average Bonchev–Trinajstić information content (AvgIpc) is 2.98. The smallest absolute Gasteiger partial charge is 0.237 e. The van der Waals surface area contributed by atoms with E-state index in [1.165, 1.54) is 19.1 Å². The quantitative estimate of drug-likeness (QED) is 0.269. The Kier molecular flexibility index (Phi) is 15.3. The van der Waals surface area contributed by atoms with Gasteiger partial charge < -0.3 is 24.8 Å². The van der Waals surface area contributed by atoms with Crippen LogP contribution in [0.5, 0.6) is 0 Å². The number of carbonyl (C=O) groups excluding carboxylic acids is 3. The Labute approximate surface area is 266 Å². The SMILES string of the molecule is CC(=O)NCc1ccccc1.CC(CN(C)Cc1ccc(F)cc1F)N(C(=O)CN(C)C)[C@H](C=O)Cc1ccc(N(C)C)cc1. The highest BCUT2D eigenvalue weighted by Crippen LogP contribution is 2.18. The lowest BCUT2D eigenvalue weighted by Crippen LogP contribution is -2.53. The summed E-state index contributed by atoms with van der Waals surface area (Å²) in [4.78, 5) is 43.1. The fraction of sp³-hybridized carbons (Fsp3) is 0.400. The molecule has 3 rings (SSSR count). The highest BCUT2D eigenvalue weighted by atomic mass is 19.1. The molecule has 0 heterocycles. The molecule has 0 aliphatic carbocycles. The van der Waals surface area contributed by atoms with Crippen LogP contribution < -0.4 is 10.2 Å². The highest BCUT2D eigenvalue weighted by molar-refractivity contribution is 5.82. The third-order valence-electron chi connectivity index (χ3n) is 7.04. The number of aldehydes is 1. The number of nitrogens with one attached hydrogen (secondary N) is 1. The van der Waals surface area contributed by atoms with E-state index in [1.807, 2.05) is 92.5 Å². The summed E-state index contributed by atoms with van der Waals surface area (Å²) in [6, 6.07) is 20.3. The minimum atomic E-state index is -0.636. The van der Waals surface area contributed by atoms with Gasteiger partial charge in [0.15, 0.2) is 0 Å². The number of rotatable bonds is 14. The number of halogens is 2. The maximum absolute atomic E-state index is 14.1. The Hall–Kier alpha value is -4.15. The Morgan fingerprint density at radius 2 is 1.53 bits per heavy atom. The summed E-state index contributed by atoms with van der Waals surface area (Å²) in [5, 5.41) is 2.72. The number of benzene rings is 3. The Morgan fingerprint density at radius 3 is 2.07 bits per heavy atom. The van der Waals surface area contributed by atoms with Crippen LogP contribution in [0.2, 0.25) is 0 Å². The molecule has 0 aliphatic heterocycles. The Morgan fingerprint density at radius 1 is 0.889 bits per heavy atom. The molecule has 0 saturated carbocycles. The molecule has 2 atom stereocenters. The first kappa shape index (κ1) is 37.0. The Bertz CT molecular complexity index is 1350. The highest BCUT2D eigenvalue weighted by Gasteiger charge is 2.29. The van der Waals surface area contributed by atoms with Crippen LogP contribution in [-0.4, -0.2) is 93.2 Å². The van der Waals surface area contributed by atoms with Crippen molar-refractivity contribution in [3.63, 3.8) is 0 Å². The third kappa shape index (κ3) is 13.2. The number of hydrogen-bond acceptors (Lipinski definition) is 6. The maximum Gasteiger partial charge on any atom is 0.237 e. The van der Waals surface area contributed by atoms with Gasteiger partial charge in [0.05, 0.1) is 12.6 Å². The van der Waals surface area contributed by atoms with Crippen molar-refractivity contribution in [3.8, 4) is 0 Å². The van der Waals surface area contributed by atoms with E-state index in [-0.39, 0.29) is 30.9 Å². The van der Waals surface area contributed by atoms with Crippen LogP contribution in [0.15, 0.2) is 72.8 Å². The van der Waals surface area contributed by atoms with Crippen molar-refractivity contribution >= 4 is 23.8 Å². The van der Waals surface area contributed by atoms with E-state index in [0.29, 0.717) is 25.1 Å². The van der Waals surface area contributed by atoms with Gasteiger partial charge in [0.1, 0.15) is 17.9 Å². The summed E-state index contributed by atoms with van der Waals surface area (Å²) in [7, 11) is 9.34. The van der Waals surface area contributed by atoms with Gasteiger partial charge >= 0.3 is 0 Å². The van der Waals surface area contributed by atoms with E-state index in [4.69, 9.17) is 0 Å². The average molecular weight is 624 g/mol. The number of nitrogens with zero attached hydrogens (tertiary/aromatic N) is 4. The van der Waals surface area contributed by atoms with E-state index in [1.54, 1.807) is 23.9 Å². The second kappa shape index (κ2) is 18.6. The number of hydrogen-bond donors (Lipinski definition) is 1. The van der Waals surface area contributed by atoms with Crippen molar-refractivity contribution in [2.75, 3.05) is 53.2 Å². The topological polar surface area (TPSA) is 76.2 Å². The van der Waals surface area contributed by atoms with E-state index < -0.39 is 17.7 Å². The van der Waals surface area contributed by atoms with Gasteiger partial charge in [-0.2, -0.15) is 0 Å². The molecule has 8 nitrogen and oxygen atoms in total. The normalized spacial score (nSPS) is 12.2. The summed E-state index contributed by atoms with van der Waals surface area (Å²) in [6.45, 7) is 4.87. The molecule has 0 radical (unpaired) electrons. The van der Waals surface area contributed by atoms with Crippen molar-refractivity contribution < 1.29 is 23.2 Å². The monoisotopic (exact) mass is 623 g/mol. The van der Waals surface area contributed by atoms with E-state index >= 15 is 0 Å². The minimum Gasteiger partial charge on any atom is -0.378 e. The number of amides is 2. The van der Waals surface area contributed by atoms with Crippen LogP contribution in [0.1, 0.15) is 30.5 Å². The molecule has 0 bridgehead atoms. The molecule has 0 spiro atoms. The number of carbonyl (C=O) groups is 3. The predicted octanol–water partition coefficient (Wildman–Crippen LogP) is 4.37. The van der Waals surface area contributed by atoms with Gasteiger partial charge in [-0.3, -0.25) is 14.5 Å². The largest absolute Gasteiger partial charge is 0.378 e. The summed E-state index contributed by atoms with van der Waals surface area (Å²) in [6.07, 6.45) is 1.22. The lowest BCUT2D eigenvalue weighted by atomic mass is 10.0. The molecule has 10 heteroatoms. The van der Waals surface area contributed by atoms with Crippen molar-refractivity contribution in [2.45, 2.75) is 45.4 Å². The van der Waals surface area contributed by atoms with Gasteiger partial charge in [-0.25, -0.2) is 8.78 Å². The number of anilines is 1. The molecular formula is C35H47F2N5O3. The van der Waals surface area contributed by atoms with Crippen molar-refractivity contribution in [1.29, 1.82) is 0 Å². The molecule has 0 saturated heterocycles.